The molecular weight excluding hydrogens is 318 g/mol. The molecule has 0 aliphatic carbocycles. The van der Waals surface area contributed by atoms with Crippen molar-refractivity contribution in [3.63, 3.8) is 0 Å². The van der Waals surface area contributed by atoms with Crippen LogP contribution >= 0.6 is 23.5 Å². The topological polar surface area (TPSA) is 47.6 Å². The summed E-state index contributed by atoms with van der Waals surface area (Å²) in [6, 6.07) is 5.96. The van der Waals surface area contributed by atoms with Gasteiger partial charge in [-0.05, 0) is 23.6 Å². The second kappa shape index (κ2) is 8.58. The average Bonchev–Trinajstić information content (AvgIpc) is 3.05. The highest BCUT2D eigenvalue weighted by Gasteiger charge is 2.20. The number of nitrogens with one attached hydrogen (secondary N) is 1. The Morgan fingerprint density at radius 3 is 2.68 bits per heavy atom. The number of ether oxygens (including phenoxy) is 2. The highest BCUT2D eigenvalue weighted by Crippen LogP contribution is 2.46. The van der Waals surface area contributed by atoms with Crippen molar-refractivity contribution in [3.8, 4) is 11.5 Å². The SMILES string of the molecule is COc1cc(C2SCCS2)ccc1OCC(=O)NCC(C)C. The molecule has 4 nitrogen and oxygen atoms in total. The van der Waals surface area contributed by atoms with Crippen LogP contribution in [0.4, 0.5) is 0 Å². The number of carbonyl (C=O) groups is 1. The molecule has 0 unspecified atom stereocenters. The highest BCUT2D eigenvalue weighted by molar-refractivity contribution is 8.19. The summed E-state index contributed by atoms with van der Waals surface area (Å²) in [5.41, 5.74) is 1.24. The van der Waals surface area contributed by atoms with Crippen molar-refractivity contribution < 1.29 is 14.3 Å². The van der Waals surface area contributed by atoms with Gasteiger partial charge in [0.1, 0.15) is 0 Å². The third-order valence-electron chi connectivity index (χ3n) is 3.15. The van der Waals surface area contributed by atoms with Gasteiger partial charge in [0.15, 0.2) is 18.1 Å². The van der Waals surface area contributed by atoms with Crippen LogP contribution in [0.15, 0.2) is 18.2 Å². The van der Waals surface area contributed by atoms with Crippen LogP contribution in [0.5, 0.6) is 11.5 Å². The predicted molar refractivity (Wildman–Crippen MR) is 94.0 cm³/mol. The van der Waals surface area contributed by atoms with Gasteiger partial charge in [-0.3, -0.25) is 4.79 Å². The first-order valence-electron chi connectivity index (χ1n) is 7.40. The van der Waals surface area contributed by atoms with E-state index in [2.05, 4.69) is 25.2 Å². The van der Waals surface area contributed by atoms with Gasteiger partial charge >= 0.3 is 0 Å². The van der Waals surface area contributed by atoms with Crippen LogP contribution in [0.1, 0.15) is 24.0 Å². The quantitative estimate of drug-likeness (QED) is 0.824. The molecule has 0 atom stereocenters. The maximum Gasteiger partial charge on any atom is 0.257 e. The third kappa shape index (κ3) is 5.02. The number of rotatable bonds is 7. The molecule has 0 radical (unpaired) electrons. The lowest BCUT2D eigenvalue weighted by atomic mass is 10.2. The molecule has 1 aliphatic rings. The normalized spacial score (nSPS) is 15.1. The van der Waals surface area contributed by atoms with E-state index in [-0.39, 0.29) is 12.5 Å². The molecule has 0 bridgehead atoms. The molecule has 1 aromatic rings. The van der Waals surface area contributed by atoms with Crippen LogP contribution in [0, 0.1) is 5.92 Å². The smallest absolute Gasteiger partial charge is 0.257 e. The number of hydrogen-bond donors (Lipinski definition) is 1. The van der Waals surface area contributed by atoms with Crippen molar-refractivity contribution in [3.05, 3.63) is 23.8 Å². The van der Waals surface area contributed by atoms with Crippen LogP contribution < -0.4 is 14.8 Å². The van der Waals surface area contributed by atoms with Gasteiger partial charge in [-0.1, -0.05) is 19.9 Å². The van der Waals surface area contributed by atoms with E-state index in [1.54, 1.807) is 7.11 Å². The summed E-state index contributed by atoms with van der Waals surface area (Å²) in [4.78, 5) is 11.7. The molecule has 0 saturated carbocycles. The second-order valence-corrected chi connectivity index (χ2v) is 8.19. The molecule has 122 valence electrons. The van der Waals surface area contributed by atoms with Gasteiger partial charge in [0, 0.05) is 18.1 Å². The first-order chi connectivity index (χ1) is 10.6. The first-order valence-corrected chi connectivity index (χ1v) is 9.50. The molecule has 2 rings (SSSR count). The van der Waals surface area contributed by atoms with Crippen molar-refractivity contribution in [2.75, 3.05) is 31.8 Å². The van der Waals surface area contributed by atoms with Gasteiger partial charge in [-0.2, -0.15) is 0 Å². The van der Waals surface area contributed by atoms with Gasteiger partial charge in [-0.15, -0.1) is 23.5 Å². The lowest BCUT2D eigenvalue weighted by Gasteiger charge is -2.14. The second-order valence-electron chi connectivity index (χ2n) is 5.47. The highest BCUT2D eigenvalue weighted by atomic mass is 32.2. The van der Waals surface area contributed by atoms with Crippen molar-refractivity contribution in [1.29, 1.82) is 0 Å². The molecule has 0 aromatic heterocycles. The van der Waals surface area contributed by atoms with Crippen molar-refractivity contribution >= 4 is 29.4 Å². The standard InChI is InChI=1S/C16H23NO3S2/c1-11(2)9-17-15(18)10-20-13-5-4-12(8-14(13)19-3)16-21-6-7-22-16/h4-5,8,11,16H,6-7,9-10H2,1-3H3,(H,17,18). The van der Waals surface area contributed by atoms with Crippen LogP contribution in [-0.4, -0.2) is 37.7 Å². The fourth-order valence-corrected chi connectivity index (χ4v) is 4.85. The molecule has 1 amide bonds. The maximum atomic E-state index is 11.7. The zero-order valence-corrected chi connectivity index (χ0v) is 14.9. The molecule has 22 heavy (non-hydrogen) atoms. The Morgan fingerprint density at radius 1 is 1.32 bits per heavy atom. The van der Waals surface area contributed by atoms with E-state index in [1.807, 2.05) is 35.7 Å². The number of benzene rings is 1. The molecule has 1 aliphatic heterocycles. The van der Waals surface area contributed by atoms with Gasteiger partial charge in [0.2, 0.25) is 0 Å². The van der Waals surface area contributed by atoms with Gasteiger partial charge in [-0.25, -0.2) is 0 Å². The number of carbonyl (C=O) groups excluding carboxylic acids is 1. The number of amides is 1. The average molecular weight is 341 g/mol. The first kappa shape index (κ1) is 17.3. The molecule has 6 heteroatoms. The Hall–Kier alpha value is -1.01. The Kier molecular flexibility index (Phi) is 6.76. The van der Waals surface area contributed by atoms with E-state index in [1.165, 1.54) is 17.1 Å². The molecule has 1 aromatic carbocycles. The lowest BCUT2D eigenvalue weighted by Crippen LogP contribution is -2.31. The van der Waals surface area contributed by atoms with Crippen LogP contribution in [0.25, 0.3) is 0 Å². The minimum absolute atomic E-state index is 0.00928. The van der Waals surface area contributed by atoms with E-state index < -0.39 is 0 Å². The van der Waals surface area contributed by atoms with Crippen LogP contribution in [0.2, 0.25) is 0 Å². The summed E-state index contributed by atoms with van der Waals surface area (Å²) in [6.45, 7) is 4.79. The zero-order chi connectivity index (χ0) is 15.9. The van der Waals surface area contributed by atoms with E-state index in [0.717, 1.165) is 0 Å². The summed E-state index contributed by atoms with van der Waals surface area (Å²) in [7, 11) is 1.62. The lowest BCUT2D eigenvalue weighted by molar-refractivity contribution is -0.123. The number of thioether (sulfide) groups is 2. The minimum Gasteiger partial charge on any atom is -0.493 e. The molecule has 1 saturated heterocycles. The summed E-state index contributed by atoms with van der Waals surface area (Å²) < 4.78 is 11.5. The van der Waals surface area contributed by atoms with Crippen LogP contribution in [0.3, 0.4) is 0 Å². The monoisotopic (exact) mass is 341 g/mol. The van der Waals surface area contributed by atoms with Crippen molar-refractivity contribution in [2.24, 2.45) is 5.92 Å². The van der Waals surface area contributed by atoms with E-state index in [9.17, 15) is 4.79 Å². The van der Waals surface area contributed by atoms with Gasteiger partial charge in [0.25, 0.3) is 5.91 Å². The van der Waals surface area contributed by atoms with Gasteiger partial charge in [0.05, 0.1) is 11.7 Å². The molecule has 1 N–H and O–H groups in total. The number of hydrogen-bond acceptors (Lipinski definition) is 5. The zero-order valence-electron chi connectivity index (χ0n) is 13.3. The van der Waals surface area contributed by atoms with E-state index in [4.69, 9.17) is 9.47 Å². The van der Waals surface area contributed by atoms with Crippen molar-refractivity contribution in [1.82, 2.24) is 5.32 Å². The third-order valence-corrected chi connectivity index (χ3v) is 6.25. The molecule has 0 spiro atoms. The van der Waals surface area contributed by atoms with Crippen molar-refractivity contribution in [2.45, 2.75) is 18.4 Å². The summed E-state index contributed by atoms with van der Waals surface area (Å²) in [5.74, 6) is 3.99. The Morgan fingerprint density at radius 2 is 2.05 bits per heavy atom. The minimum atomic E-state index is -0.110. The number of methoxy groups -OCH3 is 1. The summed E-state index contributed by atoms with van der Waals surface area (Å²) in [5, 5.41) is 2.83. The summed E-state index contributed by atoms with van der Waals surface area (Å²) in [6.07, 6.45) is 0. The van der Waals surface area contributed by atoms with Gasteiger partial charge < -0.3 is 14.8 Å². The van der Waals surface area contributed by atoms with Crippen LogP contribution in [-0.2, 0) is 4.79 Å². The fraction of sp³-hybridized carbons (Fsp3) is 0.562. The fourth-order valence-electron chi connectivity index (χ4n) is 2.01. The Labute approximate surface area is 140 Å². The summed E-state index contributed by atoms with van der Waals surface area (Å²) >= 11 is 3.90. The Bertz CT molecular complexity index is 502. The molecule has 1 heterocycles. The van der Waals surface area contributed by atoms with E-state index >= 15 is 0 Å². The van der Waals surface area contributed by atoms with E-state index in [0.29, 0.717) is 28.5 Å². The maximum absolute atomic E-state index is 11.7. The molecule has 1 fully saturated rings. The predicted octanol–water partition coefficient (Wildman–Crippen LogP) is 3.32. The largest absolute Gasteiger partial charge is 0.493 e. The Balaban J connectivity index is 1.94. The molecular formula is C16H23NO3S2.